The van der Waals surface area contributed by atoms with Gasteiger partial charge in [0.15, 0.2) is 0 Å². The van der Waals surface area contributed by atoms with E-state index in [9.17, 15) is 0 Å². The molecule has 0 bridgehead atoms. The van der Waals surface area contributed by atoms with Gasteiger partial charge in [0.25, 0.3) is 0 Å². The van der Waals surface area contributed by atoms with E-state index in [0.717, 1.165) is 0 Å². The Hall–Kier alpha value is 0.568. The molecule has 10 nitrogen and oxygen atoms in total. The van der Waals surface area contributed by atoms with E-state index in [-0.39, 0.29) is 31.9 Å². The average Bonchev–Trinajstić information content (AvgIpc) is 2.83. The molecule has 15 heteroatoms. The van der Waals surface area contributed by atoms with Crippen molar-refractivity contribution in [1.82, 2.24) is 0 Å². The summed E-state index contributed by atoms with van der Waals surface area (Å²) in [6, 6.07) is 0. The van der Waals surface area contributed by atoms with Crippen LogP contribution < -0.4 is 0 Å². The van der Waals surface area contributed by atoms with E-state index in [1.54, 1.807) is 0 Å². The van der Waals surface area contributed by atoms with Crippen LogP contribution in [0.25, 0.3) is 0 Å². The molecule has 198 valence electrons. The van der Waals surface area contributed by atoms with E-state index >= 15 is 0 Å². The molecule has 2 rings (SSSR count). The Morgan fingerprint density at radius 1 is 0.636 bits per heavy atom. The average molecular weight is 729 g/mol. The summed E-state index contributed by atoms with van der Waals surface area (Å²) in [4.78, 5) is 32.0. The van der Waals surface area contributed by atoms with Gasteiger partial charge in [-0.1, -0.05) is 27.7 Å². The first-order valence-electron chi connectivity index (χ1n) is 8.93. The summed E-state index contributed by atoms with van der Waals surface area (Å²) in [5.41, 5.74) is 0.228. The fourth-order valence-corrected chi connectivity index (χ4v) is 4.55. The van der Waals surface area contributed by atoms with Crippen molar-refractivity contribution in [2.75, 3.05) is 51.4 Å². The molecule has 0 aromatic rings. The van der Waals surface area contributed by atoms with Crippen molar-refractivity contribution in [3.05, 3.63) is 0 Å². The van der Waals surface area contributed by atoms with Crippen molar-refractivity contribution < 1.29 is 67.4 Å². The first-order valence-corrected chi connectivity index (χ1v) is 12.2. The normalized spacial score (nSPS) is 18.1. The maximum Gasteiger partial charge on any atom is 0.332 e. The minimum atomic E-state index is -1.12. The molecular formula is C18H36Cl2O10P2W. The molecule has 0 amide bonds. The summed E-state index contributed by atoms with van der Waals surface area (Å²) in [6.45, 7) is 20.2. The van der Waals surface area contributed by atoms with Gasteiger partial charge in [-0.05, 0) is 0 Å². The molecule has 2 saturated heterocycles. The van der Waals surface area contributed by atoms with Gasteiger partial charge in [-0.15, -0.1) is 23.2 Å². The quantitative estimate of drug-likeness (QED) is 0.288. The summed E-state index contributed by atoms with van der Waals surface area (Å²) in [7, 11) is -2.24. The summed E-state index contributed by atoms with van der Waals surface area (Å²) in [6.07, 6.45) is 0. The molecule has 0 saturated carbocycles. The van der Waals surface area contributed by atoms with Crippen LogP contribution in [0.5, 0.6) is 0 Å². The molecule has 2 aliphatic rings. The number of hydrogen-bond acceptors (Lipinski definition) is 10. The van der Waals surface area contributed by atoms with Crippen LogP contribution in [0.3, 0.4) is 0 Å². The minimum absolute atomic E-state index is 0. The molecule has 0 atom stereocenters. The SMILES string of the molecule is C=O.C=O.C=O.C=O.CC1(C)COP(OCCCl)OC1.CC1(C)COP(OCCCl)OC1.[W]. The van der Waals surface area contributed by atoms with Gasteiger partial charge in [0, 0.05) is 43.7 Å². The van der Waals surface area contributed by atoms with E-state index in [0.29, 0.717) is 51.4 Å². The number of alkyl halides is 2. The van der Waals surface area contributed by atoms with Crippen LogP contribution >= 0.6 is 40.4 Å². The summed E-state index contributed by atoms with van der Waals surface area (Å²) >= 11 is 10.9. The smallest absolute Gasteiger partial charge is 0.312 e. The van der Waals surface area contributed by atoms with E-state index in [4.69, 9.17) is 69.5 Å². The van der Waals surface area contributed by atoms with E-state index < -0.39 is 17.2 Å². The zero-order valence-electron chi connectivity index (χ0n) is 19.6. The number of halogens is 2. The van der Waals surface area contributed by atoms with Crippen molar-refractivity contribution in [3.63, 3.8) is 0 Å². The monoisotopic (exact) mass is 728 g/mol. The van der Waals surface area contributed by atoms with Gasteiger partial charge < -0.3 is 46.3 Å². The van der Waals surface area contributed by atoms with Crippen LogP contribution in [0.1, 0.15) is 27.7 Å². The molecule has 2 aliphatic heterocycles. The summed E-state index contributed by atoms with van der Waals surface area (Å²) in [5, 5.41) is 0. The van der Waals surface area contributed by atoms with Crippen LogP contribution in [0.2, 0.25) is 0 Å². The first kappa shape index (κ1) is 43.6. The van der Waals surface area contributed by atoms with Crippen LogP contribution in [-0.4, -0.2) is 78.6 Å². The number of carbonyl (C=O) groups is 4. The Kier molecular flexibility index (Phi) is 40.5. The Balaban J connectivity index is -0.000000119. The van der Waals surface area contributed by atoms with Crippen molar-refractivity contribution in [2.45, 2.75) is 27.7 Å². The largest absolute Gasteiger partial charge is 0.332 e. The van der Waals surface area contributed by atoms with E-state index in [1.807, 2.05) is 27.2 Å². The van der Waals surface area contributed by atoms with Crippen molar-refractivity contribution in [2.24, 2.45) is 10.8 Å². The summed E-state index contributed by atoms with van der Waals surface area (Å²) in [5.74, 6) is 0.962. The third-order valence-electron chi connectivity index (χ3n) is 2.79. The van der Waals surface area contributed by atoms with Gasteiger partial charge in [0.05, 0.1) is 39.6 Å². The standard InChI is InChI=1S/2C7H14ClO3P.4CH2O.W/c2*1-7(2)5-10-12(11-6-7)9-4-3-8;4*1-2;/h2*3-6H2,1-2H3;4*1H2;. The molecule has 0 aliphatic carbocycles. The topological polar surface area (TPSA) is 124 Å². The predicted octanol–water partition coefficient (Wildman–Crippen LogP) is 4.34. The van der Waals surface area contributed by atoms with Gasteiger partial charge in [-0.25, -0.2) is 0 Å². The summed E-state index contributed by atoms with van der Waals surface area (Å²) < 4.78 is 31.9. The van der Waals surface area contributed by atoms with Crippen LogP contribution in [0.15, 0.2) is 0 Å². The number of rotatable bonds is 6. The third-order valence-corrected chi connectivity index (χ3v) is 5.25. The Morgan fingerprint density at radius 2 is 0.848 bits per heavy atom. The minimum Gasteiger partial charge on any atom is -0.312 e. The molecular weight excluding hydrogens is 693 g/mol. The van der Waals surface area contributed by atoms with Gasteiger partial charge in [0.1, 0.15) is 27.2 Å². The first-order chi connectivity index (χ1) is 15.3. The van der Waals surface area contributed by atoms with Gasteiger partial charge in [0.2, 0.25) is 0 Å². The molecule has 0 spiro atoms. The number of carbonyl (C=O) groups excluding carboxylic acids is 4. The Bertz CT molecular complexity index is 358. The molecule has 0 radical (unpaired) electrons. The molecule has 0 N–H and O–H groups in total. The van der Waals surface area contributed by atoms with E-state index in [2.05, 4.69) is 27.7 Å². The van der Waals surface area contributed by atoms with Gasteiger partial charge in [-0.2, -0.15) is 0 Å². The second-order valence-corrected chi connectivity index (χ2v) is 10.1. The Labute approximate surface area is 224 Å². The maximum atomic E-state index is 8.00. The molecule has 2 heterocycles. The molecule has 2 fully saturated rings. The number of hydrogen-bond donors (Lipinski definition) is 0. The zero-order valence-corrected chi connectivity index (χ0v) is 25.9. The van der Waals surface area contributed by atoms with Crippen molar-refractivity contribution >= 4 is 67.6 Å². The fraction of sp³-hybridized carbons (Fsp3) is 0.778. The van der Waals surface area contributed by atoms with Crippen molar-refractivity contribution in [1.29, 1.82) is 0 Å². The fourth-order valence-electron chi connectivity index (χ4n) is 1.43. The molecule has 0 unspecified atom stereocenters. The van der Waals surface area contributed by atoms with Crippen molar-refractivity contribution in [3.8, 4) is 0 Å². The zero-order chi connectivity index (χ0) is 26.1. The second-order valence-electron chi connectivity index (χ2n) is 6.91. The maximum absolute atomic E-state index is 8.00. The van der Waals surface area contributed by atoms with Crippen LogP contribution in [0, 0.1) is 10.8 Å². The molecule has 0 aromatic heterocycles. The molecule has 33 heavy (non-hydrogen) atoms. The van der Waals surface area contributed by atoms with Gasteiger partial charge >= 0.3 is 17.2 Å². The van der Waals surface area contributed by atoms with E-state index in [1.165, 1.54) is 0 Å². The van der Waals surface area contributed by atoms with Crippen LogP contribution in [0.4, 0.5) is 0 Å². The predicted molar refractivity (Wildman–Crippen MR) is 127 cm³/mol. The second kappa shape index (κ2) is 30.6. The molecule has 0 aromatic carbocycles. The van der Waals surface area contributed by atoms with Gasteiger partial charge in [-0.3, -0.25) is 0 Å². The Morgan fingerprint density at radius 3 is 1.03 bits per heavy atom. The third kappa shape index (κ3) is 28.7. The van der Waals surface area contributed by atoms with Crippen LogP contribution in [-0.2, 0) is 67.4 Å².